The monoisotopic (exact) mass is 325 g/mol. The average molecular weight is 325 g/mol. The van der Waals surface area contributed by atoms with Gasteiger partial charge < -0.3 is 15.8 Å². The number of hydrogen-bond donors (Lipinski definition) is 2. The number of hydrogen-bond acceptors (Lipinski definition) is 5. The molecule has 0 aliphatic carbocycles. The summed E-state index contributed by atoms with van der Waals surface area (Å²) in [4.78, 5) is 21.9. The summed E-state index contributed by atoms with van der Waals surface area (Å²) in [7, 11) is 0. The Bertz CT molecular complexity index is 794. The lowest BCUT2D eigenvalue weighted by Gasteiger charge is -2.04. The lowest BCUT2D eigenvalue weighted by Crippen LogP contribution is -2.24. The number of benzene rings is 2. The van der Waals surface area contributed by atoms with Gasteiger partial charge in [-0.15, -0.1) is 0 Å². The molecule has 0 heterocycles. The number of para-hydroxylation sites is 1. The van der Waals surface area contributed by atoms with Gasteiger partial charge in [0, 0.05) is 0 Å². The molecule has 24 heavy (non-hydrogen) atoms. The Labute approximate surface area is 138 Å². The molecule has 1 amide bonds. The molecule has 0 fully saturated rings. The number of alkyl carbamates (subject to hydrolysis) is 1. The van der Waals surface area contributed by atoms with Gasteiger partial charge in [-0.3, -0.25) is 10.1 Å². The maximum absolute atomic E-state index is 11.5. The van der Waals surface area contributed by atoms with Gasteiger partial charge in [0.15, 0.2) is 0 Å². The first kappa shape index (κ1) is 16.8. The molecular weight excluding hydrogens is 310 g/mol. The first-order valence-corrected chi connectivity index (χ1v) is 7.04. The van der Waals surface area contributed by atoms with Gasteiger partial charge in [0.25, 0.3) is 0 Å². The molecule has 7 heteroatoms. The fraction of sp³-hybridized carbons (Fsp3) is 0.118. The molecule has 2 rings (SSSR count). The molecular formula is C17H15N3O4. The molecule has 122 valence electrons. The van der Waals surface area contributed by atoms with E-state index in [1.54, 1.807) is 6.07 Å². The highest BCUT2D eigenvalue weighted by Crippen LogP contribution is 2.24. The van der Waals surface area contributed by atoms with Crippen LogP contribution < -0.4 is 11.1 Å². The summed E-state index contributed by atoms with van der Waals surface area (Å²) < 4.78 is 5.02. The van der Waals surface area contributed by atoms with Crippen LogP contribution in [0.25, 0.3) is 0 Å². The summed E-state index contributed by atoms with van der Waals surface area (Å²) in [6.45, 7) is 0.153. The zero-order chi connectivity index (χ0) is 17.4. The zero-order valence-electron chi connectivity index (χ0n) is 12.7. The van der Waals surface area contributed by atoms with E-state index in [-0.39, 0.29) is 30.1 Å². The van der Waals surface area contributed by atoms with Gasteiger partial charge in [0.2, 0.25) is 0 Å². The fourth-order valence-corrected chi connectivity index (χ4v) is 1.90. The number of nitrogens with zero attached hydrogens (tertiary/aromatic N) is 1. The number of anilines is 1. The predicted octanol–water partition coefficient (Wildman–Crippen LogP) is 2.45. The SMILES string of the molecule is Nc1cccc(C#CCNC(=O)OCc2ccccc2)c1[N+](=O)[O-]. The van der Waals surface area contributed by atoms with Gasteiger partial charge in [-0.1, -0.05) is 48.2 Å². The highest BCUT2D eigenvalue weighted by molar-refractivity contribution is 5.68. The van der Waals surface area contributed by atoms with Crippen molar-refractivity contribution in [3.05, 3.63) is 69.8 Å². The Balaban J connectivity index is 1.87. The molecule has 0 saturated heterocycles. The van der Waals surface area contributed by atoms with E-state index in [9.17, 15) is 14.9 Å². The summed E-state index contributed by atoms with van der Waals surface area (Å²) in [5.41, 5.74) is 6.44. The maximum Gasteiger partial charge on any atom is 0.408 e. The van der Waals surface area contributed by atoms with Gasteiger partial charge in [0.05, 0.1) is 11.5 Å². The van der Waals surface area contributed by atoms with E-state index in [1.165, 1.54) is 12.1 Å². The molecule has 7 nitrogen and oxygen atoms in total. The maximum atomic E-state index is 11.5. The Morgan fingerprint density at radius 1 is 1.21 bits per heavy atom. The second-order valence-electron chi connectivity index (χ2n) is 4.72. The minimum atomic E-state index is -0.616. The van der Waals surface area contributed by atoms with Gasteiger partial charge in [0.1, 0.15) is 17.9 Å². The second kappa shape index (κ2) is 8.19. The zero-order valence-corrected chi connectivity index (χ0v) is 12.7. The van der Waals surface area contributed by atoms with E-state index in [1.807, 2.05) is 30.3 Å². The van der Waals surface area contributed by atoms with Gasteiger partial charge in [-0.05, 0) is 17.7 Å². The first-order chi connectivity index (χ1) is 11.6. The van der Waals surface area contributed by atoms with Crippen molar-refractivity contribution < 1.29 is 14.5 Å². The number of carbonyl (C=O) groups excluding carboxylic acids is 1. The van der Waals surface area contributed by atoms with Crippen molar-refractivity contribution in [1.82, 2.24) is 5.32 Å². The Hall–Kier alpha value is -3.53. The van der Waals surface area contributed by atoms with Crippen LogP contribution in [-0.2, 0) is 11.3 Å². The van der Waals surface area contributed by atoms with E-state index in [0.29, 0.717) is 0 Å². The van der Waals surface area contributed by atoms with Crippen LogP contribution >= 0.6 is 0 Å². The predicted molar refractivity (Wildman–Crippen MR) is 89.0 cm³/mol. The molecule has 0 radical (unpaired) electrons. The standard InChI is InChI=1S/C17H15N3O4/c18-15-10-4-8-14(16(15)20(22)23)9-5-11-19-17(21)24-12-13-6-2-1-3-7-13/h1-4,6-8,10H,11-12,18H2,(H,19,21). The quantitative estimate of drug-likeness (QED) is 0.388. The molecule has 0 atom stereocenters. The minimum absolute atomic E-state index is 0.000420. The summed E-state index contributed by atoms with van der Waals surface area (Å²) in [6.07, 6.45) is -0.616. The summed E-state index contributed by atoms with van der Waals surface area (Å²) in [5.74, 6) is 5.25. The molecule has 0 spiro atoms. The largest absolute Gasteiger partial charge is 0.445 e. The van der Waals surface area contributed by atoms with Gasteiger partial charge in [-0.25, -0.2) is 4.79 Å². The number of nitrogens with two attached hydrogens (primary N) is 1. The third-order valence-electron chi connectivity index (χ3n) is 3.01. The number of nitrogens with one attached hydrogen (secondary N) is 1. The highest BCUT2D eigenvalue weighted by atomic mass is 16.6. The fourth-order valence-electron chi connectivity index (χ4n) is 1.90. The van der Waals surface area contributed by atoms with E-state index < -0.39 is 11.0 Å². The molecule has 0 aliphatic heterocycles. The van der Waals surface area contributed by atoms with E-state index in [4.69, 9.17) is 10.5 Å². The molecule has 0 saturated carbocycles. The van der Waals surface area contributed by atoms with Crippen LogP contribution in [0.5, 0.6) is 0 Å². The molecule has 2 aromatic rings. The topological polar surface area (TPSA) is 107 Å². The lowest BCUT2D eigenvalue weighted by molar-refractivity contribution is -0.384. The van der Waals surface area contributed by atoms with Crippen LogP contribution in [-0.4, -0.2) is 17.6 Å². The Morgan fingerprint density at radius 3 is 2.67 bits per heavy atom. The molecule has 0 aliphatic rings. The van der Waals surface area contributed by atoms with Crippen molar-refractivity contribution >= 4 is 17.5 Å². The van der Waals surface area contributed by atoms with Gasteiger partial charge in [-0.2, -0.15) is 0 Å². The van der Waals surface area contributed by atoms with Crippen LogP contribution in [0.2, 0.25) is 0 Å². The number of nitrogen functional groups attached to an aromatic ring is 1. The number of nitro benzene ring substituents is 1. The van der Waals surface area contributed by atoms with Crippen LogP contribution in [0.1, 0.15) is 11.1 Å². The highest BCUT2D eigenvalue weighted by Gasteiger charge is 2.15. The van der Waals surface area contributed by atoms with Crippen molar-refractivity contribution in [3.63, 3.8) is 0 Å². The summed E-state index contributed by atoms with van der Waals surface area (Å²) in [6, 6.07) is 13.7. The lowest BCUT2D eigenvalue weighted by atomic mass is 10.1. The van der Waals surface area contributed by atoms with E-state index >= 15 is 0 Å². The summed E-state index contributed by atoms with van der Waals surface area (Å²) >= 11 is 0. The second-order valence-corrected chi connectivity index (χ2v) is 4.72. The molecule has 3 N–H and O–H groups in total. The van der Waals surface area contributed by atoms with Gasteiger partial charge >= 0.3 is 11.8 Å². The first-order valence-electron chi connectivity index (χ1n) is 7.04. The normalized spacial score (nSPS) is 9.50. The van der Waals surface area contributed by atoms with Crippen LogP contribution in [0.4, 0.5) is 16.2 Å². The number of amides is 1. The molecule has 0 aromatic heterocycles. The van der Waals surface area contributed by atoms with Crippen LogP contribution in [0.3, 0.4) is 0 Å². The molecule has 2 aromatic carbocycles. The number of rotatable bonds is 4. The van der Waals surface area contributed by atoms with Crippen molar-refractivity contribution in [2.75, 3.05) is 12.3 Å². The molecule has 0 unspecified atom stereocenters. The number of carbonyl (C=O) groups is 1. The van der Waals surface area contributed by atoms with Crippen molar-refractivity contribution in [2.45, 2.75) is 6.61 Å². The number of ether oxygens (including phenoxy) is 1. The molecule has 0 bridgehead atoms. The van der Waals surface area contributed by atoms with E-state index in [2.05, 4.69) is 17.2 Å². The number of nitro groups is 1. The third kappa shape index (κ3) is 4.74. The van der Waals surface area contributed by atoms with Crippen molar-refractivity contribution in [2.24, 2.45) is 0 Å². The van der Waals surface area contributed by atoms with Crippen molar-refractivity contribution in [3.8, 4) is 11.8 Å². The third-order valence-corrected chi connectivity index (χ3v) is 3.01. The Morgan fingerprint density at radius 2 is 1.96 bits per heavy atom. The average Bonchev–Trinajstić information content (AvgIpc) is 2.57. The van der Waals surface area contributed by atoms with E-state index in [0.717, 1.165) is 5.56 Å². The minimum Gasteiger partial charge on any atom is -0.445 e. The smallest absolute Gasteiger partial charge is 0.408 e. The van der Waals surface area contributed by atoms with Crippen molar-refractivity contribution in [1.29, 1.82) is 0 Å². The Kier molecular flexibility index (Phi) is 5.75. The van der Waals surface area contributed by atoms with Crippen LogP contribution in [0.15, 0.2) is 48.5 Å². The van der Waals surface area contributed by atoms with Crippen LogP contribution in [0, 0.1) is 22.0 Å². The summed E-state index contributed by atoms with van der Waals surface area (Å²) in [5, 5.41) is 13.4.